The molecule has 0 spiro atoms. The average Bonchev–Trinajstić information content (AvgIpc) is 3.17. The molecule has 0 saturated heterocycles. The number of benzene rings is 2. The molecule has 1 saturated carbocycles. The molecule has 2 aromatic rings. The minimum absolute atomic E-state index is 0.174. The summed E-state index contributed by atoms with van der Waals surface area (Å²) in [4.78, 5) is 10.9. The van der Waals surface area contributed by atoms with Crippen molar-refractivity contribution in [2.45, 2.75) is 19.3 Å². The smallest absolute Gasteiger partial charge is 0.304 e. The minimum atomic E-state index is -0.757. The number of fused-ring (bicyclic) bond motifs is 1. The number of halogens is 1. The number of ether oxygens (including phenoxy) is 1. The Labute approximate surface area is 122 Å². The average molecular weight is 291 g/mol. The Morgan fingerprint density at radius 2 is 1.90 bits per heavy atom. The van der Waals surface area contributed by atoms with Crippen molar-refractivity contribution < 1.29 is 14.6 Å². The highest BCUT2D eigenvalue weighted by Gasteiger charge is 2.45. The first-order valence-electron chi connectivity index (χ1n) is 6.62. The molecule has 0 aromatic heterocycles. The highest BCUT2D eigenvalue weighted by molar-refractivity contribution is 6.35. The van der Waals surface area contributed by atoms with E-state index in [4.69, 9.17) is 21.4 Å². The molecule has 0 bridgehead atoms. The van der Waals surface area contributed by atoms with Gasteiger partial charge < -0.3 is 9.84 Å². The molecule has 20 heavy (non-hydrogen) atoms. The van der Waals surface area contributed by atoms with Gasteiger partial charge in [-0.25, -0.2) is 0 Å². The second-order valence-electron chi connectivity index (χ2n) is 5.45. The third-order valence-corrected chi connectivity index (χ3v) is 4.18. The Bertz CT molecular complexity index is 662. The van der Waals surface area contributed by atoms with Gasteiger partial charge in [0.05, 0.1) is 13.0 Å². The number of rotatable bonds is 5. The summed E-state index contributed by atoms with van der Waals surface area (Å²) in [6.07, 6.45) is 2.02. The summed E-state index contributed by atoms with van der Waals surface area (Å²) in [6.45, 7) is 0.449. The Kier molecular flexibility index (Phi) is 3.30. The van der Waals surface area contributed by atoms with Crippen molar-refractivity contribution >= 4 is 28.3 Å². The van der Waals surface area contributed by atoms with Gasteiger partial charge in [-0.05, 0) is 25.0 Å². The summed E-state index contributed by atoms with van der Waals surface area (Å²) in [5, 5.41) is 11.5. The predicted molar refractivity (Wildman–Crippen MR) is 78.4 cm³/mol. The van der Waals surface area contributed by atoms with Crippen LogP contribution in [-0.2, 0) is 4.79 Å². The Morgan fingerprint density at radius 1 is 1.20 bits per heavy atom. The number of carboxylic acids is 1. The maximum Gasteiger partial charge on any atom is 0.304 e. The Balaban J connectivity index is 1.82. The zero-order valence-corrected chi connectivity index (χ0v) is 11.7. The van der Waals surface area contributed by atoms with Crippen molar-refractivity contribution in [2.24, 2.45) is 5.41 Å². The molecule has 0 unspecified atom stereocenters. The molecular weight excluding hydrogens is 276 g/mol. The van der Waals surface area contributed by atoms with Crippen LogP contribution < -0.4 is 4.74 Å². The maximum absolute atomic E-state index is 10.9. The predicted octanol–water partition coefficient (Wildman–Crippen LogP) is 4.13. The lowest BCUT2D eigenvalue weighted by Crippen LogP contribution is -2.17. The van der Waals surface area contributed by atoms with Crippen LogP contribution in [0.2, 0.25) is 5.02 Å². The topological polar surface area (TPSA) is 46.5 Å². The molecule has 1 aliphatic carbocycles. The fourth-order valence-electron chi connectivity index (χ4n) is 2.46. The van der Waals surface area contributed by atoms with Crippen molar-refractivity contribution in [3.05, 3.63) is 41.4 Å². The highest BCUT2D eigenvalue weighted by atomic mass is 35.5. The van der Waals surface area contributed by atoms with Crippen LogP contribution in [0.4, 0.5) is 0 Å². The molecule has 0 heterocycles. The molecule has 104 valence electrons. The van der Waals surface area contributed by atoms with Crippen LogP contribution >= 0.6 is 11.6 Å². The van der Waals surface area contributed by atoms with Crippen LogP contribution in [0.1, 0.15) is 19.3 Å². The van der Waals surface area contributed by atoms with E-state index in [9.17, 15) is 4.79 Å². The van der Waals surface area contributed by atoms with Crippen molar-refractivity contribution in [2.75, 3.05) is 6.61 Å². The summed E-state index contributed by atoms with van der Waals surface area (Å²) in [7, 11) is 0. The first kappa shape index (κ1) is 13.3. The van der Waals surface area contributed by atoms with E-state index in [-0.39, 0.29) is 11.8 Å². The fourth-order valence-corrected chi connectivity index (χ4v) is 2.69. The van der Waals surface area contributed by atoms with Gasteiger partial charge in [0.2, 0.25) is 0 Å². The largest absolute Gasteiger partial charge is 0.492 e. The van der Waals surface area contributed by atoms with Crippen molar-refractivity contribution in [1.29, 1.82) is 0 Å². The molecule has 2 aromatic carbocycles. The van der Waals surface area contributed by atoms with Gasteiger partial charge in [-0.15, -0.1) is 0 Å². The molecule has 0 radical (unpaired) electrons. The first-order chi connectivity index (χ1) is 9.60. The van der Waals surface area contributed by atoms with E-state index in [1.54, 1.807) is 0 Å². The fraction of sp³-hybridized carbons (Fsp3) is 0.312. The molecule has 3 rings (SSSR count). The van der Waals surface area contributed by atoms with Gasteiger partial charge >= 0.3 is 5.97 Å². The molecule has 0 amide bonds. The van der Waals surface area contributed by atoms with Crippen LogP contribution in [0.25, 0.3) is 10.8 Å². The summed E-state index contributed by atoms with van der Waals surface area (Å²) in [5.41, 5.74) is -0.174. The van der Waals surface area contributed by atoms with Crippen molar-refractivity contribution in [3.8, 4) is 5.75 Å². The van der Waals surface area contributed by atoms with Crippen molar-refractivity contribution in [3.63, 3.8) is 0 Å². The molecule has 1 N–H and O–H groups in total. The van der Waals surface area contributed by atoms with Gasteiger partial charge in [0.1, 0.15) is 5.75 Å². The number of hydrogen-bond acceptors (Lipinski definition) is 2. The van der Waals surface area contributed by atoms with Gasteiger partial charge in [0, 0.05) is 21.2 Å². The monoisotopic (exact) mass is 290 g/mol. The molecule has 0 atom stereocenters. The summed E-state index contributed by atoms with van der Waals surface area (Å²) < 4.78 is 5.88. The SMILES string of the molecule is O=C(O)CC1(COc2ccc(Cl)c3ccccc23)CC1. The number of hydrogen-bond donors (Lipinski definition) is 1. The Morgan fingerprint density at radius 3 is 2.55 bits per heavy atom. The highest BCUT2D eigenvalue weighted by Crippen LogP contribution is 2.49. The van der Waals surface area contributed by atoms with Crippen LogP contribution in [0, 0.1) is 5.41 Å². The third-order valence-electron chi connectivity index (χ3n) is 3.85. The molecule has 3 nitrogen and oxygen atoms in total. The normalized spacial score (nSPS) is 16.1. The van der Waals surface area contributed by atoms with Gasteiger partial charge in [-0.1, -0.05) is 35.9 Å². The van der Waals surface area contributed by atoms with E-state index in [1.165, 1.54) is 0 Å². The summed E-state index contributed by atoms with van der Waals surface area (Å²) in [5.74, 6) is 0.00808. The molecule has 1 aliphatic rings. The minimum Gasteiger partial charge on any atom is -0.492 e. The van der Waals surface area contributed by atoms with E-state index < -0.39 is 5.97 Å². The zero-order chi connectivity index (χ0) is 14.2. The quantitative estimate of drug-likeness (QED) is 0.901. The van der Waals surface area contributed by atoms with E-state index >= 15 is 0 Å². The zero-order valence-electron chi connectivity index (χ0n) is 10.9. The van der Waals surface area contributed by atoms with E-state index in [1.807, 2.05) is 36.4 Å². The third kappa shape index (κ3) is 2.59. The van der Waals surface area contributed by atoms with E-state index in [0.717, 1.165) is 29.4 Å². The van der Waals surface area contributed by atoms with Gasteiger partial charge in [-0.3, -0.25) is 4.79 Å². The lowest BCUT2D eigenvalue weighted by atomic mass is 10.0. The maximum atomic E-state index is 10.9. The van der Waals surface area contributed by atoms with Crippen LogP contribution in [0.15, 0.2) is 36.4 Å². The van der Waals surface area contributed by atoms with Crippen LogP contribution in [0.5, 0.6) is 5.75 Å². The van der Waals surface area contributed by atoms with E-state index in [0.29, 0.717) is 11.6 Å². The molecular formula is C16H15ClO3. The first-order valence-corrected chi connectivity index (χ1v) is 6.99. The number of carboxylic acid groups (broad SMARTS) is 1. The number of carbonyl (C=O) groups is 1. The second kappa shape index (κ2) is 4.98. The lowest BCUT2D eigenvalue weighted by molar-refractivity contribution is -0.138. The van der Waals surface area contributed by atoms with Crippen molar-refractivity contribution in [1.82, 2.24) is 0 Å². The molecule has 0 aliphatic heterocycles. The van der Waals surface area contributed by atoms with Gasteiger partial charge in [0.25, 0.3) is 0 Å². The van der Waals surface area contributed by atoms with Gasteiger partial charge in [0.15, 0.2) is 0 Å². The standard InChI is InChI=1S/C16H15ClO3/c17-13-5-6-14(12-4-2-1-3-11(12)13)20-10-16(7-8-16)9-15(18)19/h1-6H,7-10H2,(H,18,19). The summed E-state index contributed by atoms with van der Waals surface area (Å²) in [6, 6.07) is 11.5. The lowest BCUT2D eigenvalue weighted by Gasteiger charge is -2.15. The molecule has 4 heteroatoms. The number of aliphatic carboxylic acids is 1. The van der Waals surface area contributed by atoms with Gasteiger partial charge in [-0.2, -0.15) is 0 Å². The van der Waals surface area contributed by atoms with E-state index in [2.05, 4.69) is 0 Å². The second-order valence-corrected chi connectivity index (χ2v) is 5.86. The molecule has 1 fully saturated rings. The Hall–Kier alpha value is -1.74. The van der Waals surface area contributed by atoms with Crippen LogP contribution in [-0.4, -0.2) is 17.7 Å². The summed E-state index contributed by atoms with van der Waals surface area (Å²) >= 11 is 6.17. The van der Waals surface area contributed by atoms with Crippen LogP contribution in [0.3, 0.4) is 0 Å².